The molecule has 3 aromatic heterocycles. The molecule has 4 aromatic rings. The zero-order chi connectivity index (χ0) is 20.7. The van der Waals surface area contributed by atoms with Crippen LogP contribution in [-0.2, 0) is 13.1 Å². The summed E-state index contributed by atoms with van der Waals surface area (Å²) >= 11 is 1.38. The lowest BCUT2D eigenvalue weighted by molar-refractivity contribution is 0.162. The van der Waals surface area contributed by atoms with Gasteiger partial charge in [0, 0.05) is 43.6 Å². The maximum Gasteiger partial charge on any atom is 0.179 e. The van der Waals surface area contributed by atoms with Crippen LogP contribution >= 0.6 is 11.5 Å². The van der Waals surface area contributed by atoms with Gasteiger partial charge in [-0.3, -0.25) is 9.88 Å². The minimum Gasteiger partial charge on any atom is -0.323 e. The number of rotatable bonds is 4. The third-order valence-electron chi connectivity index (χ3n) is 5.53. The molecule has 152 valence electrons. The predicted molar refractivity (Wildman–Crippen MR) is 114 cm³/mol. The molecule has 0 unspecified atom stereocenters. The average molecular weight is 421 g/mol. The Bertz CT molecular complexity index is 1170. The molecule has 0 amide bonds. The first kappa shape index (κ1) is 19.0. The lowest BCUT2D eigenvalue weighted by Gasteiger charge is -2.35. The van der Waals surface area contributed by atoms with Crippen molar-refractivity contribution in [2.45, 2.75) is 33.0 Å². The van der Waals surface area contributed by atoms with Crippen LogP contribution in [0, 0.1) is 12.7 Å². The van der Waals surface area contributed by atoms with E-state index < -0.39 is 0 Å². The molecule has 1 aliphatic rings. The Labute approximate surface area is 178 Å². The maximum absolute atomic E-state index is 13.3. The second kappa shape index (κ2) is 7.70. The van der Waals surface area contributed by atoms with E-state index in [1.807, 2.05) is 31.2 Å². The van der Waals surface area contributed by atoms with Gasteiger partial charge in [0.25, 0.3) is 0 Å². The second-order valence-electron chi connectivity index (χ2n) is 7.48. The SMILES string of the molecule is Cc1nsc(-c2nc(-c3ccncc3)c3n2CCN(Cc2ccc(F)cc2)[C@@H]3C)n1. The number of nitrogens with zero attached hydrogens (tertiary/aromatic N) is 6. The number of aryl methyl sites for hydroxylation is 1. The fourth-order valence-corrected chi connectivity index (χ4v) is 4.69. The summed E-state index contributed by atoms with van der Waals surface area (Å²) in [5.41, 5.74) is 4.26. The van der Waals surface area contributed by atoms with Crippen LogP contribution in [0.4, 0.5) is 4.39 Å². The highest BCUT2D eigenvalue weighted by Crippen LogP contribution is 2.38. The number of hydrogen-bond acceptors (Lipinski definition) is 6. The minimum absolute atomic E-state index is 0.141. The Morgan fingerprint density at radius 2 is 1.83 bits per heavy atom. The van der Waals surface area contributed by atoms with Crippen LogP contribution < -0.4 is 0 Å². The maximum atomic E-state index is 13.3. The van der Waals surface area contributed by atoms with Crippen LogP contribution in [0.5, 0.6) is 0 Å². The minimum atomic E-state index is -0.208. The molecular weight excluding hydrogens is 399 g/mol. The molecule has 0 saturated heterocycles. The van der Waals surface area contributed by atoms with Crippen molar-refractivity contribution < 1.29 is 4.39 Å². The van der Waals surface area contributed by atoms with E-state index in [-0.39, 0.29) is 11.9 Å². The third kappa shape index (κ3) is 3.42. The van der Waals surface area contributed by atoms with Gasteiger partial charge in [0.1, 0.15) is 11.6 Å². The van der Waals surface area contributed by atoms with E-state index in [9.17, 15) is 4.39 Å². The number of pyridine rings is 1. The summed E-state index contributed by atoms with van der Waals surface area (Å²) in [4.78, 5) is 16.2. The van der Waals surface area contributed by atoms with E-state index in [0.717, 1.165) is 58.8 Å². The van der Waals surface area contributed by atoms with Gasteiger partial charge in [0.2, 0.25) is 0 Å². The van der Waals surface area contributed by atoms with Gasteiger partial charge in [-0.05, 0) is 55.2 Å². The second-order valence-corrected chi connectivity index (χ2v) is 8.23. The topological polar surface area (TPSA) is 59.7 Å². The number of hydrogen-bond donors (Lipinski definition) is 0. The van der Waals surface area contributed by atoms with Crippen molar-refractivity contribution in [1.82, 2.24) is 28.8 Å². The Hall–Kier alpha value is -2.97. The summed E-state index contributed by atoms with van der Waals surface area (Å²) in [6.45, 7) is 6.55. The van der Waals surface area contributed by atoms with Crippen LogP contribution in [-0.4, -0.2) is 35.3 Å². The van der Waals surface area contributed by atoms with Gasteiger partial charge in [-0.2, -0.15) is 4.37 Å². The van der Waals surface area contributed by atoms with Gasteiger partial charge in [0.05, 0.1) is 11.4 Å². The molecule has 1 aromatic carbocycles. The lowest BCUT2D eigenvalue weighted by atomic mass is 10.0. The van der Waals surface area contributed by atoms with Crippen LogP contribution in [0.3, 0.4) is 0 Å². The van der Waals surface area contributed by atoms with E-state index in [2.05, 4.69) is 30.7 Å². The molecular formula is C22H21FN6S. The number of halogens is 1. The third-order valence-corrected chi connectivity index (χ3v) is 6.33. The molecule has 4 heterocycles. The van der Waals surface area contributed by atoms with Gasteiger partial charge >= 0.3 is 0 Å². The van der Waals surface area contributed by atoms with Crippen molar-refractivity contribution >= 4 is 11.5 Å². The molecule has 1 aliphatic heterocycles. The van der Waals surface area contributed by atoms with Crippen LogP contribution in [0.1, 0.15) is 30.0 Å². The molecule has 30 heavy (non-hydrogen) atoms. The van der Waals surface area contributed by atoms with Gasteiger partial charge in [-0.15, -0.1) is 0 Å². The van der Waals surface area contributed by atoms with Crippen LogP contribution in [0.25, 0.3) is 22.1 Å². The van der Waals surface area contributed by atoms with E-state index in [4.69, 9.17) is 4.98 Å². The zero-order valence-electron chi connectivity index (χ0n) is 16.8. The Kier molecular flexibility index (Phi) is 4.88. The molecule has 0 aliphatic carbocycles. The fourth-order valence-electron chi connectivity index (χ4n) is 4.02. The summed E-state index contributed by atoms with van der Waals surface area (Å²) in [5.74, 6) is 1.43. The van der Waals surface area contributed by atoms with Crippen molar-refractivity contribution in [1.29, 1.82) is 0 Å². The van der Waals surface area contributed by atoms with Gasteiger partial charge < -0.3 is 4.57 Å². The lowest BCUT2D eigenvalue weighted by Crippen LogP contribution is -2.36. The van der Waals surface area contributed by atoms with Crippen molar-refractivity contribution in [3.8, 4) is 22.1 Å². The highest BCUT2D eigenvalue weighted by atomic mass is 32.1. The standard InChI is InChI=1S/C22H21FN6S/c1-14-20-19(17-7-9-24-10-8-17)26-21(22-25-15(2)27-30-22)29(20)12-11-28(14)13-16-3-5-18(23)6-4-16/h3-10,14H,11-13H2,1-2H3/t14-/m1/s1. The highest BCUT2D eigenvalue weighted by molar-refractivity contribution is 7.09. The molecule has 0 N–H and O–H groups in total. The Morgan fingerprint density at radius 3 is 2.53 bits per heavy atom. The molecule has 1 atom stereocenters. The van der Waals surface area contributed by atoms with E-state index >= 15 is 0 Å². The summed E-state index contributed by atoms with van der Waals surface area (Å²) in [5, 5.41) is 0.841. The van der Waals surface area contributed by atoms with Crippen LogP contribution in [0.15, 0.2) is 48.8 Å². The van der Waals surface area contributed by atoms with Gasteiger partial charge in [-0.1, -0.05) is 12.1 Å². The van der Waals surface area contributed by atoms with E-state index in [1.165, 1.54) is 23.7 Å². The summed E-state index contributed by atoms with van der Waals surface area (Å²) in [6, 6.07) is 10.9. The summed E-state index contributed by atoms with van der Waals surface area (Å²) in [6.07, 6.45) is 3.58. The molecule has 6 nitrogen and oxygen atoms in total. The zero-order valence-corrected chi connectivity index (χ0v) is 17.6. The first-order valence-electron chi connectivity index (χ1n) is 9.90. The quantitative estimate of drug-likeness (QED) is 0.487. The predicted octanol–water partition coefficient (Wildman–Crippen LogP) is 4.49. The number of fused-ring (bicyclic) bond motifs is 1. The molecule has 0 fully saturated rings. The van der Waals surface area contributed by atoms with Crippen molar-refractivity contribution in [2.75, 3.05) is 6.54 Å². The molecule has 0 saturated carbocycles. The smallest absolute Gasteiger partial charge is 0.179 e. The Balaban J connectivity index is 1.57. The van der Waals surface area contributed by atoms with Crippen molar-refractivity contribution in [3.05, 3.63) is 71.7 Å². The normalized spacial score (nSPS) is 16.6. The van der Waals surface area contributed by atoms with Gasteiger partial charge in [-0.25, -0.2) is 14.4 Å². The van der Waals surface area contributed by atoms with E-state index in [1.54, 1.807) is 12.4 Å². The van der Waals surface area contributed by atoms with Crippen molar-refractivity contribution in [2.24, 2.45) is 0 Å². The van der Waals surface area contributed by atoms with E-state index in [0.29, 0.717) is 0 Å². The van der Waals surface area contributed by atoms with Crippen LogP contribution in [0.2, 0.25) is 0 Å². The summed E-state index contributed by atoms with van der Waals surface area (Å²) in [7, 11) is 0. The highest BCUT2D eigenvalue weighted by Gasteiger charge is 2.32. The number of aromatic nitrogens is 5. The number of benzene rings is 1. The Morgan fingerprint density at radius 1 is 1.07 bits per heavy atom. The average Bonchev–Trinajstić information content (AvgIpc) is 3.36. The molecule has 8 heteroatoms. The largest absolute Gasteiger partial charge is 0.323 e. The van der Waals surface area contributed by atoms with Gasteiger partial charge in [0.15, 0.2) is 10.8 Å². The first-order valence-corrected chi connectivity index (χ1v) is 10.7. The summed E-state index contributed by atoms with van der Waals surface area (Å²) < 4.78 is 19.9. The molecule has 0 spiro atoms. The molecule has 0 radical (unpaired) electrons. The number of imidazole rings is 1. The molecule has 0 bridgehead atoms. The molecule has 5 rings (SSSR count). The fraction of sp³-hybridized carbons (Fsp3) is 0.273. The van der Waals surface area contributed by atoms with Crippen molar-refractivity contribution in [3.63, 3.8) is 0 Å². The monoisotopic (exact) mass is 420 g/mol. The first-order chi connectivity index (χ1) is 14.6.